The maximum Gasteiger partial charge on any atom is 0.345 e. The van der Waals surface area contributed by atoms with Crippen LogP contribution in [0, 0.1) is 5.41 Å². The zero-order valence-electron chi connectivity index (χ0n) is 14.2. The van der Waals surface area contributed by atoms with Crippen molar-refractivity contribution < 1.29 is 19.4 Å². The van der Waals surface area contributed by atoms with Crippen LogP contribution in [0.25, 0.3) is 5.76 Å². The molecule has 0 aliphatic rings. The molecule has 0 atom stereocenters. The number of benzene rings is 2. The van der Waals surface area contributed by atoms with E-state index in [9.17, 15) is 14.7 Å². The third-order valence-electron chi connectivity index (χ3n) is 3.28. The number of carbonyl (C=O) groups is 2. The Labute approximate surface area is 150 Å². The molecule has 7 heteroatoms. The van der Waals surface area contributed by atoms with E-state index < -0.39 is 29.2 Å². The van der Waals surface area contributed by atoms with E-state index in [1.807, 2.05) is 0 Å². The fraction of sp³-hybridized carbons (Fsp3) is 0.105. The standard InChI is InChI=1S/C19H19N3O4/c1-2-26-18(24)15(16(23)13-9-5-3-6-10-13)17(20)22-19(25)21-14-11-7-4-8-12-14/h3-12,23H,2H2,1H3,(H3,20,21,22,25). The molecule has 2 amide bonds. The van der Waals surface area contributed by atoms with Crippen LogP contribution in [0.5, 0.6) is 0 Å². The quantitative estimate of drug-likeness (QED) is 0.217. The van der Waals surface area contributed by atoms with Crippen LogP contribution >= 0.6 is 0 Å². The lowest BCUT2D eigenvalue weighted by Gasteiger charge is -2.13. The molecule has 0 radical (unpaired) electrons. The maximum absolute atomic E-state index is 12.2. The molecule has 0 aromatic heterocycles. The van der Waals surface area contributed by atoms with Crippen LogP contribution < -0.4 is 10.6 Å². The Bertz CT molecular complexity index is 817. The minimum absolute atomic E-state index is 0.0634. The van der Waals surface area contributed by atoms with Gasteiger partial charge in [-0.1, -0.05) is 48.5 Å². The van der Waals surface area contributed by atoms with Gasteiger partial charge in [0.15, 0.2) is 0 Å². The van der Waals surface area contributed by atoms with Crippen LogP contribution in [-0.4, -0.2) is 29.5 Å². The first kappa shape index (κ1) is 18.7. The average Bonchev–Trinajstić information content (AvgIpc) is 2.63. The molecule has 0 fully saturated rings. The van der Waals surface area contributed by atoms with Crippen molar-refractivity contribution in [2.45, 2.75) is 6.92 Å². The van der Waals surface area contributed by atoms with Gasteiger partial charge in [0.25, 0.3) is 0 Å². The third kappa shape index (κ3) is 4.94. The van der Waals surface area contributed by atoms with E-state index in [1.54, 1.807) is 67.6 Å². The molecule has 7 nitrogen and oxygen atoms in total. The zero-order chi connectivity index (χ0) is 18.9. The largest absolute Gasteiger partial charge is 0.506 e. The zero-order valence-corrected chi connectivity index (χ0v) is 14.2. The van der Waals surface area contributed by atoms with Gasteiger partial charge >= 0.3 is 12.0 Å². The van der Waals surface area contributed by atoms with E-state index in [1.165, 1.54) is 0 Å². The number of aliphatic hydroxyl groups excluding tert-OH is 1. The number of esters is 1. The first-order valence-corrected chi connectivity index (χ1v) is 7.90. The van der Waals surface area contributed by atoms with Crippen molar-refractivity contribution in [1.82, 2.24) is 5.32 Å². The van der Waals surface area contributed by atoms with E-state index in [-0.39, 0.29) is 6.61 Å². The van der Waals surface area contributed by atoms with Crippen LogP contribution in [-0.2, 0) is 9.53 Å². The lowest BCUT2D eigenvalue weighted by Crippen LogP contribution is -2.37. The number of hydrogen-bond acceptors (Lipinski definition) is 5. The fourth-order valence-corrected chi connectivity index (χ4v) is 2.12. The highest BCUT2D eigenvalue weighted by molar-refractivity contribution is 6.25. The number of urea groups is 1. The molecule has 0 aliphatic heterocycles. The fourth-order valence-electron chi connectivity index (χ4n) is 2.12. The van der Waals surface area contributed by atoms with Gasteiger partial charge in [-0.15, -0.1) is 0 Å². The van der Waals surface area contributed by atoms with Gasteiger partial charge in [0.05, 0.1) is 6.61 Å². The summed E-state index contributed by atoms with van der Waals surface area (Å²) in [6.45, 7) is 1.67. The lowest BCUT2D eigenvalue weighted by atomic mass is 10.1. The van der Waals surface area contributed by atoms with Crippen molar-refractivity contribution in [1.29, 1.82) is 5.41 Å². The van der Waals surface area contributed by atoms with Crippen molar-refractivity contribution in [3.63, 3.8) is 0 Å². The van der Waals surface area contributed by atoms with Gasteiger partial charge in [0, 0.05) is 11.3 Å². The van der Waals surface area contributed by atoms with Crippen molar-refractivity contribution in [3.8, 4) is 0 Å². The first-order chi connectivity index (χ1) is 12.5. The molecule has 0 saturated carbocycles. The monoisotopic (exact) mass is 353 g/mol. The number of ether oxygens (including phenoxy) is 1. The molecule has 0 heterocycles. The van der Waals surface area contributed by atoms with Crippen molar-refractivity contribution in [3.05, 3.63) is 71.8 Å². The molecule has 0 spiro atoms. The minimum atomic E-state index is -0.904. The second-order valence-corrected chi connectivity index (χ2v) is 5.13. The molecule has 0 saturated heterocycles. The number of amidine groups is 1. The number of para-hydroxylation sites is 1. The Morgan fingerprint density at radius 2 is 1.62 bits per heavy atom. The molecule has 134 valence electrons. The van der Waals surface area contributed by atoms with E-state index in [2.05, 4.69) is 10.6 Å². The smallest absolute Gasteiger partial charge is 0.345 e. The highest BCUT2D eigenvalue weighted by Gasteiger charge is 2.24. The first-order valence-electron chi connectivity index (χ1n) is 7.90. The van der Waals surface area contributed by atoms with E-state index in [0.29, 0.717) is 11.3 Å². The molecule has 0 aliphatic carbocycles. The van der Waals surface area contributed by atoms with Gasteiger partial charge in [-0.25, -0.2) is 9.59 Å². The number of amides is 2. The average molecular weight is 353 g/mol. The molecule has 2 aromatic rings. The van der Waals surface area contributed by atoms with Gasteiger partial charge in [0.1, 0.15) is 17.2 Å². The molecule has 4 N–H and O–H groups in total. The van der Waals surface area contributed by atoms with Gasteiger partial charge in [-0.05, 0) is 19.1 Å². The lowest BCUT2D eigenvalue weighted by molar-refractivity contribution is -0.137. The molecule has 0 bridgehead atoms. The van der Waals surface area contributed by atoms with E-state index >= 15 is 0 Å². The van der Waals surface area contributed by atoms with Gasteiger partial charge in [-0.3, -0.25) is 10.7 Å². The summed E-state index contributed by atoms with van der Waals surface area (Å²) in [7, 11) is 0. The van der Waals surface area contributed by atoms with Crippen LogP contribution in [0.1, 0.15) is 12.5 Å². The summed E-state index contributed by atoms with van der Waals surface area (Å²) in [5.74, 6) is -1.92. The van der Waals surface area contributed by atoms with Gasteiger partial charge < -0.3 is 15.2 Å². The molecule has 2 rings (SSSR count). The highest BCUT2D eigenvalue weighted by Crippen LogP contribution is 2.17. The number of aliphatic hydroxyl groups is 1. The number of rotatable bonds is 5. The summed E-state index contributed by atoms with van der Waals surface area (Å²) in [6.07, 6.45) is 0. The second kappa shape index (κ2) is 9.03. The minimum Gasteiger partial charge on any atom is -0.506 e. The van der Waals surface area contributed by atoms with Crippen LogP contribution in [0.4, 0.5) is 10.5 Å². The van der Waals surface area contributed by atoms with Crippen LogP contribution in [0.3, 0.4) is 0 Å². The number of carbonyl (C=O) groups excluding carboxylic acids is 2. The normalized spacial score (nSPS) is 11.1. The van der Waals surface area contributed by atoms with E-state index in [4.69, 9.17) is 10.1 Å². The summed E-state index contributed by atoms with van der Waals surface area (Å²) in [5, 5.41) is 23.2. The van der Waals surface area contributed by atoms with Crippen molar-refractivity contribution in [2.75, 3.05) is 11.9 Å². The number of anilines is 1. The highest BCUT2D eigenvalue weighted by atomic mass is 16.5. The van der Waals surface area contributed by atoms with Gasteiger partial charge in [0.2, 0.25) is 0 Å². The van der Waals surface area contributed by atoms with Gasteiger partial charge in [-0.2, -0.15) is 0 Å². The summed E-state index contributed by atoms with van der Waals surface area (Å²) in [5.41, 5.74) is 0.415. The molecule has 0 unspecified atom stereocenters. The number of nitrogens with one attached hydrogen (secondary N) is 3. The third-order valence-corrected chi connectivity index (χ3v) is 3.28. The van der Waals surface area contributed by atoms with Crippen LogP contribution in [0.2, 0.25) is 0 Å². The predicted octanol–water partition coefficient (Wildman–Crippen LogP) is 3.32. The Balaban J connectivity index is 2.23. The SMILES string of the molecule is CCOC(=O)C(C(=N)NC(=O)Nc1ccccc1)=C(O)c1ccccc1. The number of hydrogen-bond donors (Lipinski definition) is 4. The predicted molar refractivity (Wildman–Crippen MR) is 98.9 cm³/mol. The molecule has 26 heavy (non-hydrogen) atoms. The summed E-state index contributed by atoms with van der Waals surface area (Å²) < 4.78 is 4.90. The Kier molecular flexibility index (Phi) is 6.50. The molecular weight excluding hydrogens is 334 g/mol. The van der Waals surface area contributed by atoms with Crippen LogP contribution in [0.15, 0.2) is 66.2 Å². The summed E-state index contributed by atoms with van der Waals surface area (Å²) >= 11 is 0. The van der Waals surface area contributed by atoms with E-state index in [0.717, 1.165) is 0 Å². The second-order valence-electron chi connectivity index (χ2n) is 5.13. The van der Waals surface area contributed by atoms with Crippen molar-refractivity contribution >= 4 is 29.3 Å². The molecule has 2 aromatic carbocycles. The molecular formula is C19H19N3O4. The summed E-state index contributed by atoms with van der Waals surface area (Å²) in [4.78, 5) is 24.2. The van der Waals surface area contributed by atoms with Crippen molar-refractivity contribution in [2.24, 2.45) is 0 Å². The Morgan fingerprint density at radius 1 is 1.04 bits per heavy atom. The Hall–Kier alpha value is -3.61. The topological polar surface area (TPSA) is 112 Å². The summed E-state index contributed by atoms with van der Waals surface area (Å²) in [6, 6.07) is 16.2. The Morgan fingerprint density at radius 3 is 2.19 bits per heavy atom. The maximum atomic E-state index is 12.2.